The maximum absolute atomic E-state index is 4.83. The van der Waals surface area contributed by atoms with Crippen molar-refractivity contribution in [2.45, 2.75) is 26.8 Å². The van der Waals surface area contributed by atoms with Gasteiger partial charge >= 0.3 is 0 Å². The summed E-state index contributed by atoms with van der Waals surface area (Å²) in [5.74, 6) is 1.75. The molecule has 0 fully saturated rings. The van der Waals surface area contributed by atoms with Crippen molar-refractivity contribution in [2.75, 3.05) is 30.4 Å². The Kier molecular flexibility index (Phi) is 5.59. The molecule has 0 atom stereocenters. The molecule has 4 rings (SSSR count). The molecule has 28 heavy (non-hydrogen) atoms. The molecule has 1 aliphatic heterocycles. The molecule has 0 spiro atoms. The van der Waals surface area contributed by atoms with E-state index in [4.69, 9.17) is 4.98 Å². The summed E-state index contributed by atoms with van der Waals surface area (Å²) in [5.41, 5.74) is 3.11. The summed E-state index contributed by atoms with van der Waals surface area (Å²) >= 11 is 3.42. The van der Waals surface area contributed by atoms with Crippen LogP contribution in [0.15, 0.2) is 34.6 Å². The van der Waals surface area contributed by atoms with Gasteiger partial charge in [-0.25, -0.2) is 9.97 Å². The first-order valence-electron chi connectivity index (χ1n) is 9.34. The van der Waals surface area contributed by atoms with Crippen LogP contribution in [0.25, 0.3) is 11.4 Å². The number of guanidine groups is 1. The molecule has 0 aromatic carbocycles. The number of nitrogens with zero attached hydrogens (tertiary/aromatic N) is 4. The minimum atomic E-state index is 0.801. The lowest BCUT2D eigenvalue weighted by Crippen LogP contribution is -2.35. The zero-order chi connectivity index (χ0) is 19.5. The Morgan fingerprint density at radius 3 is 2.86 bits per heavy atom. The molecule has 0 saturated carbocycles. The van der Waals surface area contributed by atoms with Crippen molar-refractivity contribution in [1.29, 1.82) is 0 Å². The molecule has 0 unspecified atom stereocenters. The molecule has 0 saturated heterocycles. The Morgan fingerprint density at radius 1 is 1.21 bits per heavy atom. The highest BCUT2D eigenvalue weighted by molar-refractivity contribution is 7.14. The van der Waals surface area contributed by atoms with Crippen LogP contribution in [0.2, 0.25) is 0 Å². The summed E-state index contributed by atoms with van der Waals surface area (Å²) in [5, 5.41) is 9.37. The smallest absolute Gasteiger partial charge is 0.197 e. The van der Waals surface area contributed by atoms with Crippen LogP contribution in [-0.2, 0) is 6.54 Å². The molecule has 2 N–H and O–H groups in total. The van der Waals surface area contributed by atoms with Crippen molar-refractivity contribution in [2.24, 2.45) is 4.99 Å². The lowest BCUT2D eigenvalue weighted by Gasteiger charge is -2.17. The number of nitrogens with one attached hydrogen (secondary N) is 2. The number of thiophene rings is 1. The van der Waals surface area contributed by atoms with Gasteiger partial charge < -0.3 is 15.5 Å². The summed E-state index contributed by atoms with van der Waals surface area (Å²) in [7, 11) is 2.08. The number of aryl methyl sites for hydroxylation is 2. The topological polar surface area (TPSA) is 65.4 Å². The summed E-state index contributed by atoms with van der Waals surface area (Å²) in [6, 6.07) is 8.36. The van der Waals surface area contributed by atoms with Gasteiger partial charge in [-0.05, 0) is 44.0 Å². The summed E-state index contributed by atoms with van der Waals surface area (Å²) in [6.07, 6.45) is 1.07. The molecule has 1 aliphatic rings. The largest absolute Gasteiger partial charge is 0.356 e. The van der Waals surface area contributed by atoms with E-state index in [1.807, 2.05) is 34.9 Å². The van der Waals surface area contributed by atoms with Crippen molar-refractivity contribution in [3.05, 3.63) is 45.0 Å². The van der Waals surface area contributed by atoms with Gasteiger partial charge in [0.15, 0.2) is 11.1 Å². The first-order chi connectivity index (χ1) is 13.6. The predicted octanol–water partition coefficient (Wildman–Crippen LogP) is 4.28. The third-order valence-electron chi connectivity index (χ3n) is 4.62. The second-order valence-corrected chi connectivity index (χ2v) is 9.06. The average molecular weight is 413 g/mol. The van der Waals surface area contributed by atoms with E-state index in [-0.39, 0.29) is 0 Å². The SMILES string of the molecule is Cc1cc(CN(C)c2cccc(-c3csc(NC4=NCCCN4)n3)n2)sc1C. The Hall–Kier alpha value is -2.45. The Morgan fingerprint density at radius 2 is 2.11 bits per heavy atom. The molecule has 3 aromatic rings. The summed E-state index contributed by atoms with van der Waals surface area (Å²) in [6.45, 7) is 6.99. The number of hydrogen-bond acceptors (Lipinski definition) is 8. The van der Waals surface area contributed by atoms with E-state index in [0.29, 0.717) is 0 Å². The van der Waals surface area contributed by atoms with Gasteiger partial charge in [0.25, 0.3) is 0 Å². The lowest BCUT2D eigenvalue weighted by molar-refractivity contribution is 0.740. The maximum atomic E-state index is 4.83. The standard InChI is InChI=1S/C20H24N6S2/c1-13-10-15(28-14(13)2)11-26(3)18-7-4-6-16(23-18)17-12-27-20(24-17)25-19-21-8-5-9-22-19/h4,6-7,10,12H,5,8-9,11H2,1-3H3,(H2,21,22,24,25). The molecular weight excluding hydrogens is 388 g/mol. The van der Waals surface area contributed by atoms with Gasteiger partial charge in [-0.3, -0.25) is 4.99 Å². The van der Waals surface area contributed by atoms with Crippen LogP contribution in [0, 0.1) is 13.8 Å². The van der Waals surface area contributed by atoms with Gasteiger partial charge in [0, 0.05) is 35.3 Å². The highest BCUT2D eigenvalue weighted by Gasteiger charge is 2.12. The van der Waals surface area contributed by atoms with Gasteiger partial charge in [0.05, 0.1) is 12.2 Å². The second kappa shape index (κ2) is 8.28. The zero-order valence-corrected chi connectivity index (χ0v) is 18.0. The van der Waals surface area contributed by atoms with Gasteiger partial charge in [0.1, 0.15) is 11.5 Å². The van der Waals surface area contributed by atoms with E-state index in [1.54, 1.807) is 11.3 Å². The van der Waals surface area contributed by atoms with Crippen molar-refractivity contribution < 1.29 is 0 Å². The lowest BCUT2D eigenvalue weighted by atomic mass is 10.2. The molecule has 0 amide bonds. The number of thiazole rings is 1. The molecule has 3 aromatic heterocycles. The number of anilines is 2. The van der Waals surface area contributed by atoms with Crippen LogP contribution in [-0.4, -0.2) is 36.1 Å². The van der Waals surface area contributed by atoms with E-state index in [0.717, 1.165) is 54.4 Å². The highest BCUT2D eigenvalue weighted by atomic mass is 32.1. The van der Waals surface area contributed by atoms with Crippen LogP contribution in [0.4, 0.5) is 10.9 Å². The fourth-order valence-electron chi connectivity index (χ4n) is 2.99. The number of pyridine rings is 1. The summed E-state index contributed by atoms with van der Waals surface area (Å²) < 4.78 is 0. The normalized spacial score (nSPS) is 13.8. The number of hydrogen-bond donors (Lipinski definition) is 2. The van der Waals surface area contributed by atoms with Crippen molar-refractivity contribution in [3.63, 3.8) is 0 Å². The predicted molar refractivity (Wildman–Crippen MR) is 120 cm³/mol. The molecule has 0 radical (unpaired) electrons. The van der Waals surface area contributed by atoms with Gasteiger partial charge in [-0.1, -0.05) is 6.07 Å². The molecule has 6 nitrogen and oxygen atoms in total. The fraction of sp³-hybridized carbons (Fsp3) is 0.350. The zero-order valence-electron chi connectivity index (χ0n) is 16.3. The maximum Gasteiger partial charge on any atom is 0.197 e. The number of rotatable bonds is 5. The molecule has 0 aliphatic carbocycles. The van der Waals surface area contributed by atoms with Crippen molar-refractivity contribution >= 4 is 39.6 Å². The van der Waals surface area contributed by atoms with E-state index in [2.05, 4.69) is 52.5 Å². The number of aromatic nitrogens is 2. The Labute approximate surface area is 173 Å². The van der Waals surface area contributed by atoms with Crippen LogP contribution in [0.3, 0.4) is 0 Å². The van der Waals surface area contributed by atoms with Crippen molar-refractivity contribution in [3.8, 4) is 11.4 Å². The molecule has 146 valence electrons. The second-order valence-electron chi connectivity index (χ2n) is 6.86. The summed E-state index contributed by atoms with van der Waals surface area (Å²) in [4.78, 5) is 18.9. The van der Waals surface area contributed by atoms with E-state index in [1.165, 1.54) is 15.3 Å². The molecule has 0 bridgehead atoms. The van der Waals surface area contributed by atoms with Crippen LogP contribution in [0.1, 0.15) is 21.7 Å². The molecular formula is C20H24N6S2. The van der Waals surface area contributed by atoms with Crippen LogP contribution in [0.5, 0.6) is 0 Å². The first-order valence-corrected chi connectivity index (χ1v) is 11.0. The van der Waals surface area contributed by atoms with E-state index < -0.39 is 0 Å². The first kappa shape index (κ1) is 18.9. The van der Waals surface area contributed by atoms with Crippen LogP contribution < -0.4 is 15.5 Å². The quantitative estimate of drug-likeness (QED) is 0.655. The van der Waals surface area contributed by atoms with E-state index >= 15 is 0 Å². The van der Waals surface area contributed by atoms with Gasteiger partial charge in [0.2, 0.25) is 0 Å². The van der Waals surface area contributed by atoms with Gasteiger partial charge in [-0.15, -0.1) is 22.7 Å². The van der Waals surface area contributed by atoms with E-state index in [9.17, 15) is 0 Å². The minimum absolute atomic E-state index is 0.801. The fourth-order valence-corrected chi connectivity index (χ4v) is 4.80. The third kappa shape index (κ3) is 4.34. The number of aliphatic imine (C=N–C) groups is 1. The Balaban J connectivity index is 1.48. The monoisotopic (exact) mass is 412 g/mol. The van der Waals surface area contributed by atoms with Crippen LogP contribution >= 0.6 is 22.7 Å². The highest BCUT2D eigenvalue weighted by Crippen LogP contribution is 2.27. The minimum Gasteiger partial charge on any atom is -0.356 e. The molecule has 8 heteroatoms. The Bertz CT molecular complexity index is 971. The molecule has 4 heterocycles. The average Bonchev–Trinajstić information content (AvgIpc) is 3.29. The van der Waals surface area contributed by atoms with Gasteiger partial charge in [-0.2, -0.15) is 0 Å². The third-order valence-corrected chi connectivity index (χ3v) is 6.52. The van der Waals surface area contributed by atoms with Crippen molar-refractivity contribution in [1.82, 2.24) is 15.3 Å².